The molecule has 0 saturated carbocycles. The number of carbonyl (C=O) groups excluding carboxylic acids is 1. The molecule has 0 saturated heterocycles. The summed E-state index contributed by atoms with van der Waals surface area (Å²) in [6.45, 7) is 2.61. The predicted octanol–water partition coefficient (Wildman–Crippen LogP) is 2.58. The normalized spacial score (nSPS) is 10.2. The van der Waals surface area contributed by atoms with Crippen LogP contribution in [0.1, 0.15) is 31.2 Å². The lowest BCUT2D eigenvalue weighted by Gasteiger charge is -2.09. The van der Waals surface area contributed by atoms with E-state index in [1.807, 2.05) is 25.1 Å². The first kappa shape index (κ1) is 14.8. The van der Waals surface area contributed by atoms with Crippen molar-refractivity contribution in [3.63, 3.8) is 0 Å². The van der Waals surface area contributed by atoms with Crippen molar-refractivity contribution >= 4 is 17.5 Å². The van der Waals surface area contributed by atoms with Crippen LogP contribution in [0.2, 0.25) is 5.02 Å². The van der Waals surface area contributed by atoms with Crippen molar-refractivity contribution < 1.29 is 9.53 Å². The Bertz CT molecular complexity index is 397. The number of hydrazine groups is 1. The van der Waals surface area contributed by atoms with Gasteiger partial charge in [0.15, 0.2) is 0 Å². The van der Waals surface area contributed by atoms with E-state index in [1.54, 1.807) is 0 Å². The molecule has 1 aromatic carbocycles. The number of halogens is 1. The minimum Gasteiger partial charge on any atom is -0.493 e. The molecule has 18 heavy (non-hydrogen) atoms. The molecule has 4 nitrogen and oxygen atoms in total. The number of nitrogens with one attached hydrogen (secondary N) is 1. The maximum atomic E-state index is 10.9. The fraction of sp³-hybridized carbons (Fsp3) is 0.462. The third-order valence-electron chi connectivity index (χ3n) is 2.60. The molecule has 1 rings (SSSR count). The first-order chi connectivity index (χ1) is 8.63. The fourth-order valence-electron chi connectivity index (χ4n) is 1.59. The van der Waals surface area contributed by atoms with Crippen molar-refractivity contribution in [1.29, 1.82) is 0 Å². The van der Waals surface area contributed by atoms with E-state index in [-0.39, 0.29) is 5.91 Å². The van der Waals surface area contributed by atoms with Gasteiger partial charge < -0.3 is 4.74 Å². The summed E-state index contributed by atoms with van der Waals surface area (Å²) in [7, 11) is 0. The van der Waals surface area contributed by atoms with Gasteiger partial charge in [0.1, 0.15) is 5.75 Å². The Morgan fingerprint density at radius 1 is 1.39 bits per heavy atom. The molecule has 1 aromatic rings. The molecule has 1 amide bonds. The van der Waals surface area contributed by atoms with Crippen LogP contribution in [-0.2, 0) is 4.79 Å². The first-order valence-electron chi connectivity index (χ1n) is 6.02. The molecule has 0 heterocycles. The average molecular weight is 271 g/mol. The summed E-state index contributed by atoms with van der Waals surface area (Å²) in [6.07, 6.45) is 3.16. The predicted molar refractivity (Wildman–Crippen MR) is 72.5 cm³/mol. The highest BCUT2D eigenvalue weighted by Crippen LogP contribution is 2.21. The Morgan fingerprint density at radius 2 is 2.17 bits per heavy atom. The lowest BCUT2D eigenvalue weighted by atomic mass is 10.2. The molecule has 0 aliphatic carbocycles. The van der Waals surface area contributed by atoms with Gasteiger partial charge in [-0.15, -0.1) is 0 Å². The molecule has 0 aliphatic heterocycles. The number of amides is 1. The van der Waals surface area contributed by atoms with Gasteiger partial charge in [0, 0.05) is 11.4 Å². The van der Waals surface area contributed by atoms with Gasteiger partial charge in [0.25, 0.3) is 0 Å². The van der Waals surface area contributed by atoms with Crippen LogP contribution in [0, 0.1) is 6.92 Å². The number of unbranched alkanes of at least 4 members (excludes halogenated alkanes) is 2. The number of ether oxygens (including phenoxy) is 1. The summed E-state index contributed by atoms with van der Waals surface area (Å²) in [4.78, 5) is 10.9. The summed E-state index contributed by atoms with van der Waals surface area (Å²) >= 11 is 5.86. The lowest BCUT2D eigenvalue weighted by Crippen LogP contribution is -2.29. The van der Waals surface area contributed by atoms with Gasteiger partial charge in [-0.25, -0.2) is 5.84 Å². The Labute approximate surface area is 112 Å². The number of carbonyl (C=O) groups is 1. The summed E-state index contributed by atoms with van der Waals surface area (Å²) in [5, 5.41) is 0.715. The monoisotopic (exact) mass is 270 g/mol. The number of aryl methyl sites for hydroxylation is 1. The molecule has 0 atom stereocenters. The second-order valence-corrected chi connectivity index (χ2v) is 4.57. The van der Waals surface area contributed by atoms with Crippen LogP contribution >= 0.6 is 11.6 Å². The van der Waals surface area contributed by atoms with Gasteiger partial charge in [-0.2, -0.15) is 0 Å². The minimum atomic E-state index is -0.121. The molecular weight excluding hydrogens is 252 g/mol. The highest BCUT2D eigenvalue weighted by molar-refractivity contribution is 6.30. The van der Waals surface area contributed by atoms with Gasteiger partial charge in [-0.05, 0) is 49.9 Å². The zero-order chi connectivity index (χ0) is 13.4. The molecule has 0 aliphatic rings. The van der Waals surface area contributed by atoms with E-state index in [0.29, 0.717) is 18.1 Å². The van der Waals surface area contributed by atoms with Crippen molar-refractivity contribution in [3.8, 4) is 5.75 Å². The molecule has 0 radical (unpaired) electrons. The summed E-state index contributed by atoms with van der Waals surface area (Å²) in [5.41, 5.74) is 3.14. The maximum Gasteiger partial charge on any atom is 0.233 e. The molecule has 0 fully saturated rings. The van der Waals surface area contributed by atoms with Crippen LogP contribution in [-0.4, -0.2) is 12.5 Å². The van der Waals surface area contributed by atoms with Crippen LogP contribution in [0.4, 0.5) is 0 Å². The second kappa shape index (κ2) is 7.95. The minimum absolute atomic E-state index is 0.121. The largest absolute Gasteiger partial charge is 0.493 e. The molecule has 100 valence electrons. The quantitative estimate of drug-likeness (QED) is 0.346. The van der Waals surface area contributed by atoms with E-state index >= 15 is 0 Å². The SMILES string of the molecule is Cc1cc(Cl)ccc1OCCCCCC(=O)NN. The number of benzene rings is 1. The van der Waals surface area contributed by atoms with E-state index < -0.39 is 0 Å². The maximum absolute atomic E-state index is 10.9. The number of hydrogen-bond donors (Lipinski definition) is 2. The van der Waals surface area contributed by atoms with Gasteiger partial charge in [-0.1, -0.05) is 11.6 Å². The first-order valence-corrected chi connectivity index (χ1v) is 6.39. The molecule has 0 bridgehead atoms. The van der Waals surface area contributed by atoms with Gasteiger partial charge in [-0.3, -0.25) is 10.2 Å². The second-order valence-electron chi connectivity index (χ2n) is 4.14. The van der Waals surface area contributed by atoms with Crippen molar-refractivity contribution in [2.45, 2.75) is 32.6 Å². The van der Waals surface area contributed by atoms with E-state index in [4.69, 9.17) is 22.2 Å². The van der Waals surface area contributed by atoms with Crippen molar-refractivity contribution in [1.82, 2.24) is 5.43 Å². The molecular formula is C13H19ClN2O2. The smallest absolute Gasteiger partial charge is 0.233 e. The highest BCUT2D eigenvalue weighted by Gasteiger charge is 2.01. The third-order valence-corrected chi connectivity index (χ3v) is 2.84. The van der Waals surface area contributed by atoms with Gasteiger partial charge >= 0.3 is 0 Å². The number of rotatable bonds is 7. The van der Waals surface area contributed by atoms with E-state index in [9.17, 15) is 4.79 Å². The van der Waals surface area contributed by atoms with Gasteiger partial charge in [0.2, 0.25) is 5.91 Å². The third kappa shape index (κ3) is 5.38. The standard InChI is InChI=1S/C13H19ClN2O2/c1-10-9-11(14)6-7-12(10)18-8-4-2-3-5-13(17)16-15/h6-7,9H,2-5,8,15H2,1H3,(H,16,17). The summed E-state index contributed by atoms with van der Waals surface area (Å²) < 4.78 is 5.64. The lowest BCUT2D eigenvalue weighted by molar-refractivity contribution is -0.121. The molecule has 3 N–H and O–H groups in total. The topological polar surface area (TPSA) is 64.3 Å². The van der Waals surface area contributed by atoms with E-state index in [2.05, 4.69) is 5.43 Å². The van der Waals surface area contributed by atoms with Crippen LogP contribution in [0.3, 0.4) is 0 Å². The zero-order valence-corrected chi connectivity index (χ0v) is 11.3. The molecule has 0 aromatic heterocycles. The van der Waals surface area contributed by atoms with E-state index in [1.165, 1.54) is 0 Å². The van der Waals surface area contributed by atoms with Crippen LogP contribution < -0.4 is 16.0 Å². The van der Waals surface area contributed by atoms with Crippen molar-refractivity contribution in [2.75, 3.05) is 6.61 Å². The average Bonchev–Trinajstić information content (AvgIpc) is 2.35. The summed E-state index contributed by atoms with van der Waals surface area (Å²) in [5.74, 6) is 5.72. The Kier molecular flexibility index (Phi) is 6.54. The Hall–Kier alpha value is -1.26. The van der Waals surface area contributed by atoms with Crippen LogP contribution in [0.15, 0.2) is 18.2 Å². The van der Waals surface area contributed by atoms with Crippen molar-refractivity contribution in [3.05, 3.63) is 28.8 Å². The highest BCUT2D eigenvalue weighted by atomic mass is 35.5. The number of hydrogen-bond acceptors (Lipinski definition) is 3. The fourth-order valence-corrected chi connectivity index (χ4v) is 1.82. The van der Waals surface area contributed by atoms with Crippen molar-refractivity contribution in [2.24, 2.45) is 5.84 Å². The molecule has 0 spiro atoms. The summed E-state index contributed by atoms with van der Waals surface area (Å²) in [6, 6.07) is 5.57. The van der Waals surface area contributed by atoms with Crippen LogP contribution in [0.5, 0.6) is 5.75 Å². The number of nitrogens with two attached hydrogens (primary N) is 1. The van der Waals surface area contributed by atoms with Gasteiger partial charge in [0.05, 0.1) is 6.61 Å². The zero-order valence-electron chi connectivity index (χ0n) is 10.5. The Morgan fingerprint density at radius 3 is 2.83 bits per heavy atom. The van der Waals surface area contributed by atoms with Crippen LogP contribution in [0.25, 0.3) is 0 Å². The molecule has 5 heteroatoms. The van der Waals surface area contributed by atoms with E-state index in [0.717, 1.165) is 30.6 Å². The Balaban J connectivity index is 2.16. The molecule has 0 unspecified atom stereocenters.